The van der Waals surface area contributed by atoms with Gasteiger partial charge in [0.05, 0.1) is 43.7 Å². The molecular formula is C86H134O8. The third-order valence-electron chi connectivity index (χ3n) is 35.2. The molecule has 12 saturated carbocycles. The Hall–Kier alpha value is -1.91. The number of hydrogen-bond donors (Lipinski definition) is 5. The smallest absolute Gasteiger partial charge is 0.188 e. The minimum absolute atomic E-state index is 0.151. The maximum atomic E-state index is 11.9. The van der Waals surface area contributed by atoms with E-state index >= 15 is 0 Å². The minimum atomic E-state index is -0.393. The lowest BCUT2D eigenvalue weighted by Crippen LogP contribution is -2.52. The van der Waals surface area contributed by atoms with Crippen molar-refractivity contribution in [3.8, 4) is 0 Å². The van der Waals surface area contributed by atoms with Crippen LogP contribution in [0.25, 0.3) is 0 Å². The molecule has 17 unspecified atom stereocenters. The van der Waals surface area contributed by atoms with Crippen LogP contribution < -0.4 is 0 Å². The average Bonchev–Trinajstić information content (AvgIpc) is 1.45. The van der Waals surface area contributed by atoms with E-state index in [-0.39, 0.29) is 35.9 Å². The highest BCUT2D eigenvalue weighted by molar-refractivity contribution is 5.91. The zero-order chi connectivity index (χ0) is 66.5. The van der Waals surface area contributed by atoms with Crippen molar-refractivity contribution in [3.05, 3.63) is 58.2 Å². The SMILES string of the molecule is C/C=C1\CCC2C3CCC4=CC(O)CC[C@@]4(C)C3CC[C@@]12C.CC(O)[C@@H]1CCC2C3CCC4=CC(=O)CC[C@@]4(C)C3CC[C@]21C.CC(O)[C@@H]1CCC2C3CCC4=CC(O)CC[C@@]4(C)C3CC[C@]21C.CC(O)[C@@H]1CCC2C3CCC4=CC5(CC[C@@]4(C)C3CC[C@]21C)OCCO5. The summed E-state index contributed by atoms with van der Waals surface area (Å²) >= 11 is 0. The third kappa shape index (κ3) is 11.0. The summed E-state index contributed by atoms with van der Waals surface area (Å²) in [6, 6.07) is 0. The summed E-state index contributed by atoms with van der Waals surface area (Å²) in [5, 5.41) is 51.0. The molecule has 0 bridgehead atoms. The number of fused-ring (bicyclic) bond motifs is 20. The Morgan fingerprint density at radius 1 is 0.394 bits per heavy atom. The Balaban J connectivity index is 0.000000108. The van der Waals surface area contributed by atoms with Crippen LogP contribution in [0.5, 0.6) is 0 Å². The molecule has 0 amide bonds. The Bertz CT molecular complexity index is 2980. The molecule has 1 saturated heterocycles. The van der Waals surface area contributed by atoms with Gasteiger partial charge in [-0.25, -0.2) is 0 Å². The van der Waals surface area contributed by atoms with E-state index < -0.39 is 5.79 Å². The van der Waals surface area contributed by atoms with E-state index in [9.17, 15) is 30.3 Å². The second-order valence-electron chi connectivity index (χ2n) is 38.5. The van der Waals surface area contributed by atoms with Gasteiger partial charge in [-0.2, -0.15) is 0 Å². The lowest BCUT2D eigenvalue weighted by atomic mass is 9.46. The largest absolute Gasteiger partial charge is 0.393 e. The van der Waals surface area contributed by atoms with E-state index in [2.05, 4.69) is 86.6 Å². The lowest BCUT2D eigenvalue weighted by molar-refractivity contribution is -0.145. The molecule has 1 heterocycles. The van der Waals surface area contributed by atoms with Crippen molar-refractivity contribution < 1.29 is 39.8 Å². The number of aliphatic hydroxyl groups is 5. The van der Waals surface area contributed by atoms with Gasteiger partial charge in [0.15, 0.2) is 11.6 Å². The monoisotopic (exact) mass is 1300 g/mol. The summed E-state index contributed by atoms with van der Waals surface area (Å²) in [6.07, 6.45) is 49.8. The van der Waals surface area contributed by atoms with E-state index in [1.54, 1.807) is 22.3 Å². The van der Waals surface area contributed by atoms with E-state index in [4.69, 9.17) is 9.47 Å². The molecule has 0 aromatic carbocycles. The fourth-order valence-corrected chi connectivity index (χ4v) is 30.2. The Labute approximate surface area is 571 Å². The van der Waals surface area contributed by atoms with Crippen LogP contribution in [0.2, 0.25) is 0 Å². The molecular weight excluding hydrogens is 1160 g/mol. The van der Waals surface area contributed by atoms with Crippen LogP contribution in [0.15, 0.2) is 58.2 Å². The lowest BCUT2D eigenvalue weighted by Gasteiger charge is -2.59. The van der Waals surface area contributed by atoms with Gasteiger partial charge in [-0.1, -0.05) is 101 Å². The molecule has 1 spiro atoms. The molecule has 8 heteroatoms. The Kier molecular flexibility index (Phi) is 18.6. The van der Waals surface area contributed by atoms with Crippen molar-refractivity contribution in [2.45, 2.75) is 325 Å². The normalized spacial score (nSPS) is 51.9. The first-order chi connectivity index (χ1) is 44.6. The van der Waals surface area contributed by atoms with Gasteiger partial charge in [0.2, 0.25) is 0 Å². The summed E-state index contributed by atoms with van der Waals surface area (Å²) in [5.41, 5.74) is 10.9. The number of rotatable bonds is 3. The molecule has 94 heavy (non-hydrogen) atoms. The van der Waals surface area contributed by atoms with Gasteiger partial charge in [-0.15, -0.1) is 0 Å². The van der Waals surface area contributed by atoms with Crippen LogP contribution in [0.4, 0.5) is 0 Å². The molecule has 1 aliphatic heterocycles. The molecule has 17 aliphatic rings. The van der Waals surface area contributed by atoms with Gasteiger partial charge < -0.3 is 35.0 Å². The number of ketones is 1. The van der Waals surface area contributed by atoms with Crippen LogP contribution in [0, 0.1) is 132 Å². The number of carbonyl (C=O) groups is 1. The van der Waals surface area contributed by atoms with Crippen molar-refractivity contribution in [1.29, 1.82) is 0 Å². The number of aliphatic hydroxyl groups excluding tert-OH is 5. The number of carbonyl (C=O) groups excluding carboxylic acids is 1. The molecule has 13 fully saturated rings. The summed E-state index contributed by atoms with van der Waals surface area (Å²) < 4.78 is 12.0. The second kappa shape index (κ2) is 25.3. The molecule has 17 rings (SSSR count). The molecule has 526 valence electrons. The highest BCUT2D eigenvalue weighted by atomic mass is 16.7. The van der Waals surface area contributed by atoms with Crippen molar-refractivity contribution in [1.82, 2.24) is 0 Å². The maximum absolute atomic E-state index is 11.9. The highest BCUT2D eigenvalue weighted by Crippen LogP contribution is 2.72. The number of hydrogen-bond acceptors (Lipinski definition) is 8. The first-order valence-electron chi connectivity index (χ1n) is 40.3. The molecule has 0 aromatic heterocycles. The van der Waals surface area contributed by atoms with Crippen molar-refractivity contribution in [2.75, 3.05) is 13.2 Å². The summed E-state index contributed by atoms with van der Waals surface area (Å²) in [6.45, 7) is 29.8. The van der Waals surface area contributed by atoms with E-state index in [0.717, 1.165) is 123 Å². The number of ether oxygens (including phenoxy) is 2. The fourth-order valence-electron chi connectivity index (χ4n) is 30.2. The van der Waals surface area contributed by atoms with Crippen LogP contribution in [-0.2, 0) is 14.3 Å². The first-order valence-corrected chi connectivity index (χ1v) is 40.3. The third-order valence-corrected chi connectivity index (χ3v) is 35.2. The van der Waals surface area contributed by atoms with E-state index in [1.807, 2.05) is 26.8 Å². The van der Waals surface area contributed by atoms with Crippen LogP contribution in [-0.4, -0.2) is 80.8 Å². The molecule has 0 radical (unpaired) electrons. The van der Waals surface area contributed by atoms with Crippen LogP contribution in [0.1, 0.15) is 289 Å². The molecule has 16 aliphatic carbocycles. The minimum Gasteiger partial charge on any atom is -0.393 e. The van der Waals surface area contributed by atoms with Gasteiger partial charge in [-0.05, 0) is 365 Å². The maximum Gasteiger partial charge on any atom is 0.188 e. The van der Waals surface area contributed by atoms with Gasteiger partial charge in [0.25, 0.3) is 0 Å². The zero-order valence-corrected chi connectivity index (χ0v) is 61.4. The standard InChI is InChI=1S/C23H36O3.C21H34O2.C21H32O2.C21H32O/c1-15(24)18-6-7-19-17-5-4-16-14-23(25-12-13-26-23)11-10-21(16,2)20(17)8-9-22(18,19)3;2*1-13(22)17-6-7-18-16-5-4-14-12-15(23)8-10-20(14,2)19(16)9-11-21(17,18)3;1-4-14-6-8-18-17-7-5-15-13-16(22)9-11-21(15,3)19(17)10-12-20(14,18)2/h14-15,17-20,24H,4-13H2,1-3H3;12-13,15-19,22-23H,4-11H2,1-3H3;12-13,16-19,22H,4-11H2,1-3H3;4,13,16-19,22H,5-12H2,1-3H3/b;;;14-4+/t15?,17?,18-,19?,20?,21+,22-;13?,15?,16?,17-,18?,19?,20+,21-;13?,16?,17-,18?,19?,20+,21-;16?,17?,18?,19?,20-,21+/m0000/s1. The van der Waals surface area contributed by atoms with Crippen molar-refractivity contribution >= 4 is 5.78 Å². The van der Waals surface area contributed by atoms with Gasteiger partial charge >= 0.3 is 0 Å². The predicted octanol–water partition coefficient (Wildman–Crippen LogP) is 18.8. The van der Waals surface area contributed by atoms with E-state index in [1.165, 1.54) is 173 Å². The summed E-state index contributed by atoms with van der Waals surface area (Å²) in [4.78, 5) is 11.9. The topological polar surface area (TPSA) is 137 Å². The zero-order valence-electron chi connectivity index (χ0n) is 61.4. The molecule has 28 atom stereocenters. The Morgan fingerprint density at radius 3 is 1.20 bits per heavy atom. The van der Waals surface area contributed by atoms with Crippen molar-refractivity contribution in [3.63, 3.8) is 0 Å². The average molecular weight is 1300 g/mol. The summed E-state index contributed by atoms with van der Waals surface area (Å²) in [5.74, 6) is 11.5. The number of allylic oxidation sites excluding steroid dienone is 6. The highest BCUT2D eigenvalue weighted by Gasteiger charge is 2.64. The first kappa shape index (κ1) is 69.2. The molecule has 0 aromatic rings. The molecule has 8 nitrogen and oxygen atoms in total. The van der Waals surface area contributed by atoms with Gasteiger partial charge in [-0.3, -0.25) is 4.79 Å². The quantitative estimate of drug-likeness (QED) is 0.176. The summed E-state index contributed by atoms with van der Waals surface area (Å²) in [7, 11) is 0. The van der Waals surface area contributed by atoms with Crippen molar-refractivity contribution in [2.24, 2.45) is 132 Å². The van der Waals surface area contributed by atoms with Gasteiger partial charge in [0, 0.05) is 12.8 Å². The predicted molar refractivity (Wildman–Crippen MR) is 378 cm³/mol. The van der Waals surface area contributed by atoms with Gasteiger partial charge in [0.1, 0.15) is 0 Å². The van der Waals surface area contributed by atoms with Crippen LogP contribution >= 0.6 is 0 Å². The Morgan fingerprint density at radius 2 is 0.766 bits per heavy atom. The second-order valence-corrected chi connectivity index (χ2v) is 38.5. The van der Waals surface area contributed by atoms with E-state index in [0.29, 0.717) is 61.4 Å². The van der Waals surface area contributed by atoms with Crippen LogP contribution in [0.3, 0.4) is 0 Å². The fraction of sp³-hybridized carbons (Fsp3) is 0.872. The molecule has 5 N–H and O–H groups in total.